The van der Waals surface area contributed by atoms with Gasteiger partial charge in [-0.2, -0.15) is 13.2 Å². The number of aryl methyl sites for hydroxylation is 1. The number of ether oxygens (including phenoxy) is 1. The van der Waals surface area contributed by atoms with E-state index in [1.807, 2.05) is 20.0 Å². The predicted octanol–water partition coefficient (Wildman–Crippen LogP) is 5.30. The maximum absolute atomic E-state index is 13.0. The number of hydrogen-bond acceptors (Lipinski definition) is 8. The first-order valence-corrected chi connectivity index (χ1v) is 13.7. The highest BCUT2D eigenvalue weighted by molar-refractivity contribution is 7.15. The van der Waals surface area contributed by atoms with Crippen molar-refractivity contribution >= 4 is 28.9 Å². The number of benzene rings is 1. The molecule has 1 saturated heterocycles. The zero-order chi connectivity index (χ0) is 27.8. The molecule has 0 spiro atoms. The molecule has 0 bridgehead atoms. The number of nitrogens with zero attached hydrogens (tertiary/aromatic N) is 4. The fourth-order valence-electron chi connectivity index (χ4n) is 5.18. The van der Waals surface area contributed by atoms with E-state index in [9.17, 15) is 23.1 Å². The van der Waals surface area contributed by atoms with Crippen molar-refractivity contribution in [3.63, 3.8) is 0 Å². The van der Waals surface area contributed by atoms with Gasteiger partial charge >= 0.3 is 6.18 Å². The fraction of sp³-hybridized carbons (Fsp3) is 0.481. The van der Waals surface area contributed by atoms with Crippen LogP contribution in [0.5, 0.6) is 0 Å². The first-order chi connectivity index (χ1) is 18.5. The molecule has 1 unspecified atom stereocenters. The van der Waals surface area contributed by atoms with Crippen LogP contribution in [0.3, 0.4) is 0 Å². The summed E-state index contributed by atoms with van der Waals surface area (Å²) in [6.07, 6.45) is 1.09. The van der Waals surface area contributed by atoms with Crippen molar-refractivity contribution in [2.75, 3.05) is 25.6 Å². The molecule has 2 fully saturated rings. The molecule has 1 aliphatic heterocycles. The zero-order valence-corrected chi connectivity index (χ0v) is 22.5. The number of nitrogens with one attached hydrogen (secondary N) is 1. The summed E-state index contributed by atoms with van der Waals surface area (Å²) in [7, 11) is 1.83. The lowest BCUT2D eigenvalue weighted by molar-refractivity contribution is -0.141. The Hall–Kier alpha value is -3.09. The van der Waals surface area contributed by atoms with Gasteiger partial charge in [0.1, 0.15) is 16.3 Å². The number of carbonyl (C=O) groups is 1. The molecule has 1 aromatic carbocycles. The summed E-state index contributed by atoms with van der Waals surface area (Å²) in [5.41, 5.74) is 0.0936. The molecule has 3 heterocycles. The molecule has 1 aliphatic carbocycles. The third kappa shape index (κ3) is 6.07. The number of amides is 1. The van der Waals surface area contributed by atoms with E-state index in [1.165, 1.54) is 11.3 Å². The molecular weight excluding hydrogens is 531 g/mol. The summed E-state index contributed by atoms with van der Waals surface area (Å²) in [5, 5.41) is 14.9. The Balaban J connectivity index is 1.28. The summed E-state index contributed by atoms with van der Waals surface area (Å²) in [4.78, 5) is 27.6. The van der Waals surface area contributed by atoms with Gasteiger partial charge in [0.25, 0.3) is 0 Å². The molecular formula is C27H30F3N5O3S. The smallest absolute Gasteiger partial charge is 0.383 e. The lowest BCUT2D eigenvalue weighted by atomic mass is 9.78. The van der Waals surface area contributed by atoms with Gasteiger partial charge in [0.2, 0.25) is 11.9 Å². The molecule has 8 nitrogen and oxygen atoms in total. The van der Waals surface area contributed by atoms with E-state index in [4.69, 9.17) is 4.74 Å². The van der Waals surface area contributed by atoms with Crippen LogP contribution in [0.4, 0.5) is 24.8 Å². The van der Waals surface area contributed by atoms with Crippen molar-refractivity contribution in [3.05, 3.63) is 52.9 Å². The molecule has 2 N–H and O–H groups in total. The minimum Gasteiger partial charge on any atom is -0.383 e. The van der Waals surface area contributed by atoms with Crippen LogP contribution in [0.2, 0.25) is 0 Å². The molecule has 2 aliphatic rings. The van der Waals surface area contributed by atoms with Crippen molar-refractivity contribution in [3.8, 4) is 10.4 Å². The average Bonchev–Trinajstić information content (AvgIpc) is 3.61. The van der Waals surface area contributed by atoms with E-state index in [0.717, 1.165) is 34.7 Å². The number of rotatable bonds is 6. The maximum atomic E-state index is 13.0. The molecule has 2 aromatic heterocycles. The number of hydrogen-bond donors (Lipinski definition) is 2. The van der Waals surface area contributed by atoms with Crippen molar-refractivity contribution in [2.24, 2.45) is 5.92 Å². The van der Waals surface area contributed by atoms with E-state index < -0.39 is 17.5 Å². The van der Waals surface area contributed by atoms with Gasteiger partial charge in [-0.25, -0.2) is 15.0 Å². The number of aliphatic hydroxyl groups is 1. The van der Waals surface area contributed by atoms with Crippen LogP contribution in [0.15, 0.2) is 36.7 Å². The van der Waals surface area contributed by atoms with E-state index in [1.54, 1.807) is 23.2 Å². The lowest BCUT2D eigenvalue weighted by Crippen LogP contribution is -2.43. The summed E-state index contributed by atoms with van der Waals surface area (Å²) in [6, 6.07) is 6.46. The average molecular weight is 562 g/mol. The molecule has 3 aromatic rings. The van der Waals surface area contributed by atoms with Crippen molar-refractivity contribution in [2.45, 2.75) is 56.8 Å². The number of alkyl halides is 3. The Morgan fingerprint density at radius 2 is 1.97 bits per heavy atom. The van der Waals surface area contributed by atoms with Gasteiger partial charge in [0, 0.05) is 37.7 Å². The number of anilines is 2. The minimum absolute atomic E-state index is 0.108. The van der Waals surface area contributed by atoms with Crippen molar-refractivity contribution in [1.82, 2.24) is 19.9 Å². The van der Waals surface area contributed by atoms with Crippen molar-refractivity contribution < 1.29 is 27.8 Å². The van der Waals surface area contributed by atoms with Gasteiger partial charge in [0.05, 0.1) is 17.5 Å². The molecule has 1 saturated carbocycles. The number of carbonyl (C=O) groups excluding carboxylic acids is 1. The van der Waals surface area contributed by atoms with Crippen LogP contribution >= 0.6 is 11.3 Å². The Morgan fingerprint density at radius 3 is 2.67 bits per heavy atom. The molecule has 0 radical (unpaired) electrons. The Bertz CT molecular complexity index is 1330. The Labute approximate surface area is 228 Å². The molecule has 208 valence electrons. The lowest BCUT2D eigenvalue weighted by Gasteiger charge is -2.36. The van der Waals surface area contributed by atoms with Crippen LogP contribution in [0, 0.1) is 12.8 Å². The zero-order valence-electron chi connectivity index (χ0n) is 21.7. The van der Waals surface area contributed by atoms with E-state index in [-0.39, 0.29) is 23.8 Å². The van der Waals surface area contributed by atoms with Crippen LogP contribution in [0.1, 0.15) is 48.4 Å². The summed E-state index contributed by atoms with van der Waals surface area (Å²) >= 11 is 1.38. The molecule has 1 atom stereocenters. The number of aromatic nitrogens is 3. The van der Waals surface area contributed by atoms with Crippen molar-refractivity contribution in [1.29, 1.82) is 0 Å². The monoisotopic (exact) mass is 561 g/mol. The van der Waals surface area contributed by atoms with Crippen LogP contribution in [-0.4, -0.2) is 57.2 Å². The van der Waals surface area contributed by atoms with Gasteiger partial charge in [-0.05, 0) is 68.4 Å². The molecule has 1 amide bonds. The first-order valence-electron chi connectivity index (χ1n) is 12.8. The van der Waals surface area contributed by atoms with Crippen LogP contribution < -0.4 is 5.32 Å². The van der Waals surface area contributed by atoms with Gasteiger partial charge in [0.15, 0.2) is 0 Å². The first kappa shape index (κ1) is 27.5. The third-order valence-electron chi connectivity index (χ3n) is 7.43. The predicted molar refractivity (Wildman–Crippen MR) is 140 cm³/mol. The normalized spacial score (nSPS) is 23.5. The minimum atomic E-state index is -4.57. The van der Waals surface area contributed by atoms with E-state index >= 15 is 0 Å². The third-order valence-corrected chi connectivity index (χ3v) is 8.67. The summed E-state index contributed by atoms with van der Waals surface area (Å²) in [6.45, 7) is 3.13. The number of likely N-dealkylation sites (N-methyl/N-ethyl adjacent to an activating group) is 1. The molecule has 12 heteroatoms. The quantitative estimate of drug-likeness (QED) is 0.422. The van der Waals surface area contributed by atoms with Crippen LogP contribution in [-0.2, 0) is 21.3 Å². The molecule has 39 heavy (non-hydrogen) atoms. The van der Waals surface area contributed by atoms with Gasteiger partial charge in [-0.1, -0.05) is 6.07 Å². The fourth-order valence-corrected chi connectivity index (χ4v) is 6.23. The largest absolute Gasteiger partial charge is 0.433 e. The highest BCUT2D eigenvalue weighted by Gasteiger charge is 2.41. The number of halogens is 3. The van der Waals surface area contributed by atoms with Gasteiger partial charge in [-0.3, -0.25) is 4.79 Å². The Morgan fingerprint density at radius 1 is 1.21 bits per heavy atom. The SMILES string of the molecule is Cc1cc(Nc2nccc(C(F)(F)F)n2)cc(-c2cnc([C@]3(O)CC[C@@H](C(=O)N(C)C4CCOC4)CC3)s2)c1. The van der Waals surface area contributed by atoms with Gasteiger partial charge < -0.3 is 20.1 Å². The highest BCUT2D eigenvalue weighted by Crippen LogP contribution is 2.43. The van der Waals surface area contributed by atoms with Gasteiger partial charge in [-0.15, -0.1) is 11.3 Å². The second kappa shape index (κ2) is 10.8. The second-order valence-electron chi connectivity index (χ2n) is 10.3. The second-order valence-corrected chi connectivity index (χ2v) is 11.3. The summed E-state index contributed by atoms with van der Waals surface area (Å²) < 4.78 is 44.5. The number of thiazole rings is 1. The summed E-state index contributed by atoms with van der Waals surface area (Å²) in [5.74, 6) is -0.172. The Kier molecular flexibility index (Phi) is 7.62. The maximum Gasteiger partial charge on any atom is 0.433 e. The standard InChI is InChI=1S/C27H30F3N5O3S/c1-16-11-18(13-19(12-16)33-25-31-9-5-22(34-25)27(28,29)30)21-14-32-24(39-21)26(37)7-3-17(4-8-26)23(36)35(2)20-6-10-38-15-20/h5,9,11-14,17,20,37H,3-4,6-8,10,15H2,1-2H3,(H,31,33,34)/t17-,20?,26+. The molecule has 5 rings (SSSR count). The van der Waals surface area contributed by atoms with Crippen LogP contribution in [0.25, 0.3) is 10.4 Å². The van der Waals surface area contributed by atoms with E-state index in [0.29, 0.717) is 49.6 Å². The highest BCUT2D eigenvalue weighted by atomic mass is 32.1. The van der Waals surface area contributed by atoms with E-state index in [2.05, 4.69) is 20.3 Å². The topological polar surface area (TPSA) is 100 Å².